The SMILES string of the molecule is CC(SC(=S)N(C)C)c1ccc(Br)cc1C(=O)O. The van der Waals surface area contributed by atoms with E-state index in [0.717, 1.165) is 14.4 Å². The zero-order chi connectivity index (χ0) is 13.9. The third-order valence-electron chi connectivity index (χ3n) is 2.33. The van der Waals surface area contributed by atoms with Crippen LogP contribution in [0.5, 0.6) is 0 Å². The number of aromatic carboxylic acids is 1. The van der Waals surface area contributed by atoms with Crippen LogP contribution in [0.4, 0.5) is 0 Å². The predicted molar refractivity (Wildman–Crippen MR) is 83.4 cm³/mol. The van der Waals surface area contributed by atoms with E-state index in [0.29, 0.717) is 5.56 Å². The fraction of sp³-hybridized carbons (Fsp3) is 0.333. The molecule has 1 aromatic rings. The molecular formula is C12H14BrNO2S2. The highest BCUT2D eigenvalue weighted by Gasteiger charge is 2.18. The zero-order valence-electron chi connectivity index (χ0n) is 10.3. The molecule has 0 radical (unpaired) electrons. The van der Waals surface area contributed by atoms with Gasteiger partial charge in [-0.25, -0.2) is 4.79 Å². The van der Waals surface area contributed by atoms with Crippen molar-refractivity contribution in [3.05, 3.63) is 33.8 Å². The number of thiocarbonyl (C=S) groups is 1. The van der Waals surface area contributed by atoms with Gasteiger partial charge >= 0.3 is 5.97 Å². The molecule has 0 heterocycles. The molecule has 1 aromatic carbocycles. The lowest BCUT2D eigenvalue weighted by atomic mass is 10.1. The highest BCUT2D eigenvalue weighted by Crippen LogP contribution is 2.33. The van der Waals surface area contributed by atoms with Crippen molar-refractivity contribution in [3.8, 4) is 0 Å². The lowest BCUT2D eigenvalue weighted by molar-refractivity contribution is 0.0695. The monoisotopic (exact) mass is 347 g/mol. The second-order valence-corrected chi connectivity index (χ2v) is 6.85. The minimum absolute atomic E-state index is 0.000833. The standard InChI is InChI=1S/C12H14BrNO2S2/c1-7(18-12(17)14(2)3)9-5-4-8(13)6-10(9)11(15)16/h4-7H,1-3H3,(H,15,16). The number of nitrogens with zero attached hydrogens (tertiary/aromatic N) is 1. The number of carboxylic acids is 1. The maximum Gasteiger partial charge on any atom is 0.336 e. The Kier molecular flexibility index (Phi) is 5.62. The first kappa shape index (κ1) is 15.5. The highest BCUT2D eigenvalue weighted by atomic mass is 79.9. The van der Waals surface area contributed by atoms with Gasteiger partial charge < -0.3 is 10.0 Å². The molecule has 0 aliphatic rings. The Balaban J connectivity index is 3.02. The van der Waals surface area contributed by atoms with Gasteiger partial charge in [0.25, 0.3) is 0 Å². The average Bonchev–Trinajstić information content (AvgIpc) is 2.28. The predicted octanol–water partition coefficient (Wildman–Crippen LogP) is 3.79. The normalized spacial score (nSPS) is 12.0. The van der Waals surface area contributed by atoms with Gasteiger partial charge in [0.1, 0.15) is 4.32 Å². The van der Waals surface area contributed by atoms with Crippen molar-refractivity contribution >= 4 is 50.2 Å². The Morgan fingerprint density at radius 1 is 1.50 bits per heavy atom. The molecule has 0 fully saturated rings. The van der Waals surface area contributed by atoms with E-state index >= 15 is 0 Å². The summed E-state index contributed by atoms with van der Waals surface area (Å²) in [6.45, 7) is 1.95. The van der Waals surface area contributed by atoms with Crippen molar-refractivity contribution in [2.75, 3.05) is 14.1 Å². The molecule has 0 aliphatic carbocycles. The Labute approximate surface area is 125 Å². The lowest BCUT2D eigenvalue weighted by Crippen LogP contribution is -2.17. The molecule has 1 N–H and O–H groups in total. The summed E-state index contributed by atoms with van der Waals surface area (Å²) >= 11 is 9.98. The summed E-state index contributed by atoms with van der Waals surface area (Å²) in [5, 5.41) is 9.21. The van der Waals surface area contributed by atoms with E-state index in [2.05, 4.69) is 15.9 Å². The molecule has 0 saturated carbocycles. The Bertz CT molecular complexity index is 477. The maximum atomic E-state index is 11.2. The van der Waals surface area contributed by atoms with Gasteiger partial charge in [0, 0.05) is 23.8 Å². The van der Waals surface area contributed by atoms with Crippen LogP contribution in [-0.2, 0) is 0 Å². The number of thioether (sulfide) groups is 1. The van der Waals surface area contributed by atoms with Crippen molar-refractivity contribution in [1.29, 1.82) is 0 Å². The first-order valence-corrected chi connectivity index (χ1v) is 7.31. The number of carbonyl (C=O) groups is 1. The minimum atomic E-state index is -0.922. The average molecular weight is 348 g/mol. The van der Waals surface area contributed by atoms with E-state index in [1.54, 1.807) is 6.07 Å². The molecule has 1 rings (SSSR count). The topological polar surface area (TPSA) is 40.5 Å². The highest BCUT2D eigenvalue weighted by molar-refractivity contribution is 9.10. The number of rotatable bonds is 3. The Morgan fingerprint density at radius 3 is 2.61 bits per heavy atom. The van der Waals surface area contributed by atoms with E-state index in [-0.39, 0.29) is 5.25 Å². The van der Waals surface area contributed by atoms with Crippen molar-refractivity contribution in [1.82, 2.24) is 4.90 Å². The number of carboxylic acid groups (broad SMARTS) is 1. The molecule has 98 valence electrons. The summed E-state index contributed by atoms with van der Waals surface area (Å²) < 4.78 is 1.50. The van der Waals surface area contributed by atoms with Crippen LogP contribution in [0, 0.1) is 0 Å². The zero-order valence-corrected chi connectivity index (χ0v) is 13.5. The van der Waals surface area contributed by atoms with E-state index < -0.39 is 5.97 Å². The largest absolute Gasteiger partial charge is 0.478 e. The molecule has 0 aromatic heterocycles. The van der Waals surface area contributed by atoms with E-state index in [9.17, 15) is 9.90 Å². The van der Waals surface area contributed by atoms with E-state index in [1.165, 1.54) is 11.8 Å². The van der Waals surface area contributed by atoms with Gasteiger partial charge in [-0.15, -0.1) is 0 Å². The summed E-state index contributed by atoms with van der Waals surface area (Å²) in [5.74, 6) is -0.922. The molecule has 3 nitrogen and oxygen atoms in total. The first-order chi connectivity index (χ1) is 8.32. The number of hydrogen-bond donors (Lipinski definition) is 1. The fourth-order valence-corrected chi connectivity index (χ4v) is 3.03. The molecule has 18 heavy (non-hydrogen) atoms. The second-order valence-electron chi connectivity index (χ2n) is 3.96. The summed E-state index contributed by atoms with van der Waals surface area (Å²) in [6.07, 6.45) is 0. The maximum absolute atomic E-state index is 11.2. The van der Waals surface area contributed by atoms with Crippen LogP contribution in [0.3, 0.4) is 0 Å². The third kappa shape index (κ3) is 3.96. The van der Waals surface area contributed by atoms with Crippen molar-refractivity contribution in [2.24, 2.45) is 0 Å². The first-order valence-electron chi connectivity index (χ1n) is 5.23. The van der Waals surface area contributed by atoms with Crippen molar-refractivity contribution in [2.45, 2.75) is 12.2 Å². The molecule has 0 aliphatic heterocycles. The Hall–Kier alpha value is -0.590. The van der Waals surface area contributed by atoms with Gasteiger partial charge in [0.15, 0.2) is 0 Å². The van der Waals surface area contributed by atoms with Gasteiger partial charge in [0.2, 0.25) is 0 Å². The molecule has 0 saturated heterocycles. The summed E-state index contributed by atoms with van der Waals surface area (Å²) in [7, 11) is 3.75. The van der Waals surface area contributed by atoms with Crippen LogP contribution in [0.1, 0.15) is 28.1 Å². The molecular weight excluding hydrogens is 334 g/mol. The third-order valence-corrected chi connectivity index (χ3v) is 4.65. The van der Waals surface area contributed by atoms with Crippen LogP contribution < -0.4 is 0 Å². The number of benzene rings is 1. The van der Waals surface area contributed by atoms with Crippen LogP contribution in [0.25, 0.3) is 0 Å². The van der Waals surface area contributed by atoms with Crippen LogP contribution in [0.2, 0.25) is 0 Å². The van der Waals surface area contributed by atoms with Gasteiger partial charge in [-0.05, 0) is 24.6 Å². The van der Waals surface area contributed by atoms with Crippen molar-refractivity contribution < 1.29 is 9.90 Å². The second kappa shape index (κ2) is 6.54. The molecule has 0 spiro atoms. The van der Waals surface area contributed by atoms with Crippen LogP contribution in [-0.4, -0.2) is 34.4 Å². The van der Waals surface area contributed by atoms with Gasteiger partial charge in [0.05, 0.1) is 5.56 Å². The molecule has 6 heteroatoms. The molecule has 1 unspecified atom stereocenters. The van der Waals surface area contributed by atoms with E-state index in [4.69, 9.17) is 12.2 Å². The van der Waals surface area contributed by atoms with Crippen LogP contribution >= 0.6 is 39.9 Å². The van der Waals surface area contributed by atoms with E-state index in [1.807, 2.05) is 38.1 Å². The minimum Gasteiger partial charge on any atom is -0.478 e. The van der Waals surface area contributed by atoms with Gasteiger partial charge in [-0.1, -0.05) is 46.0 Å². The smallest absolute Gasteiger partial charge is 0.336 e. The summed E-state index contributed by atoms with van der Waals surface area (Å²) in [5.41, 5.74) is 1.09. The summed E-state index contributed by atoms with van der Waals surface area (Å²) in [6, 6.07) is 5.29. The number of hydrogen-bond acceptors (Lipinski definition) is 3. The van der Waals surface area contributed by atoms with Crippen LogP contribution in [0.15, 0.2) is 22.7 Å². The molecule has 1 atom stereocenters. The van der Waals surface area contributed by atoms with Gasteiger partial charge in [-0.2, -0.15) is 0 Å². The molecule has 0 bridgehead atoms. The summed E-state index contributed by atoms with van der Waals surface area (Å²) in [4.78, 5) is 13.1. The number of halogens is 1. The van der Waals surface area contributed by atoms with Gasteiger partial charge in [-0.3, -0.25) is 0 Å². The van der Waals surface area contributed by atoms with Crippen molar-refractivity contribution in [3.63, 3.8) is 0 Å². The Morgan fingerprint density at radius 2 is 2.11 bits per heavy atom. The lowest BCUT2D eigenvalue weighted by Gasteiger charge is -2.19. The fourth-order valence-electron chi connectivity index (χ4n) is 1.39. The quantitative estimate of drug-likeness (QED) is 0.842. The molecule has 0 amide bonds.